The number of ether oxygens (including phenoxy) is 3. The van der Waals surface area contributed by atoms with Crippen LogP contribution in [0.5, 0.6) is 17.2 Å². The van der Waals surface area contributed by atoms with Crippen LogP contribution in [0, 0.1) is 13.8 Å². The van der Waals surface area contributed by atoms with Crippen LogP contribution in [0.25, 0.3) is 0 Å². The van der Waals surface area contributed by atoms with Gasteiger partial charge in [-0.3, -0.25) is 14.5 Å². The highest BCUT2D eigenvalue weighted by Gasteiger charge is 2.26. The van der Waals surface area contributed by atoms with Crippen LogP contribution >= 0.6 is 0 Å². The van der Waals surface area contributed by atoms with Crippen LogP contribution in [-0.2, 0) is 4.79 Å². The summed E-state index contributed by atoms with van der Waals surface area (Å²) in [5, 5.41) is 2.87. The van der Waals surface area contributed by atoms with E-state index in [-0.39, 0.29) is 25.2 Å². The van der Waals surface area contributed by atoms with Gasteiger partial charge in [0.15, 0.2) is 11.5 Å². The predicted octanol–water partition coefficient (Wildman–Crippen LogP) is 2.03. The highest BCUT2D eigenvalue weighted by atomic mass is 16.7. The quantitative estimate of drug-likeness (QED) is 0.799. The number of nitrogens with one attached hydrogen (secondary N) is 1. The second kappa shape index (κ2) is 8.27. The maximum Gasteiger partial charge on any atom is 0.257 e. The number of anilines is 1. The van der Waals surface area contributed by atoms with Crippen LogP contribution in [0.3, 0.4) is 0 Å². The number of aryl methyl sites for hydroxylation is 2. The molecule has 2 aliphatic heterocycles. The van der Waals surface area contributed by atoms with Crippen molar-refractivity contribution in [1.82, 2.24) is 9.80 Å². The summed E-state index contributed by atoms with van der Waals surface area (Å²) >= 11 is 0. The van der Waals surface area contributed by atoms with E-state index in [1.54, 1.807) is 30.0 Å². The molecule has 160 valence electrons. The van der Waals surface area contributed by atoms with Gasteiger partial charge in [-0.25, -0.2) is 0 Å². The number of benzene rings is 1. The molecule has 2 aliphatic rings. The van der Waals surface area contributed by atoms with Crippen molar-refractivity contribution in [3.05, 3.63) is 35.3 Å². The minimum Gasteiger partial charge on any atom is -0.494 e. The Morgan fingerprint density at radius 2 is 1.77 bits per heavy atom. The van der Waals surface area contributed by atoms with Crippen LogP contribution < -0.4 is 19.5 Å². The Labute approximate surface area is 174 Å². The average molecular weight is 415 g/mol. The molecule has 4 rings (SSSR count). The lowest BCUT2D eigenvalue weighted by Crippen LogP contribution is -2.50. The molecular weight excluding hydrogens is 390 g/mol. The van der Waals surface area contributed by atoms with E-state index < -0.39 is 0 Å². The first kappa shape index (κ1) is 20.1. The number of fused-ring (bicyclic) bond motifs is 1. The predicted molar refractivity (Wildman–Crippen MR) is 108 cm³/mol. The molecule has 1 N–H and O–H groups in total. The standard InChI is InChI=1S/C21H25N3O6/c1-13-8-15(14(2)30-13)21(26)24-6-4-23(5-7-24)11-20(25)22-16-9-18-19(29-12-28-18)10-17(16)27-3/h8-10H,4-7,11-12H2,1-3H3,(H,22,25). The fourth-order valence-corrected chi connectivity index (χ4v) is 3.71. The van der Waals surface area contributed by atoms with E-state index in [9.17, 15) is 9.59 Å². The number of furan rings is 1. The molecule has 1 aromatic heterocycles. The molecule has 30 heavy (non-hydrogen) atoms. The van der Waals surface area contributed by atoms with Crippen molar-refractivity contribution >= 4 is 17.5 Å². The lowest BCUT2D eigenvalue weighted by molar-refractivity contribution is -0.117. The molecule has 1 aromatic carbocycles. The number of carbonyl (C=O) groups excluding carboxylic acids is 2. The highest BCUT2D eigenvalue weighted by Crippen LogP contribution is 2.40. The molecule has 0 saturated carbocycles. The molecular formula is C21H25N3O6. The smallest absolute Gasteiger partial charge is 0.257 e. The minimum absolute atomic E-state index is 0.0291. The van der Waals surface area contributed by atoms with Gasteiger partial charge < -0.3 is 28.8 Å². The Morgan fingerprint density at radius 1 is 1.07 bits per heavy atom. The summed E-state index contributed by atoms with van der Waals surface area (Å²) < 4.78 is 21.5. The molecule has 9 nitrogen and oxygen atoms in total. The second-order valence-corrected chi connectivity index (χ2v) is 7.35. The topological polar surface area (TPSA) is 93.5 Å². The maximum atomic E-state index is 12.7. The normalized spacial score (nSPS) is 15.9. The van der Waals surface area contributed by atoms with Gasteiger partial charge in [-0.1, -0.05) is 0 Å². The van der Waals surface area contributed by atoms with E-state index in [0.717, 1.165) is 5.76 Å². The molecule has 0 bridgehead atoms. The number of hydrogen-bond acceptors (Lipinski definition) is 7. The zero-order valence-electron chi connectivity index (χ0n) is 17.3. The van der Waals surface area contributed by atoms with Crippen molar-refractivity contribution in [2.45, 2.75) is 13.8 Å². The first-order chi connectivity index (χ1) is 14.4. The molecule has 2 aromatic rings. The summed E-state index contributed by atoms with van der Waals surface area (Å²) in [7, 11) is 1.53. The van der Waals surface area contributed by atoms with Crippen molar-refractivity contribution in [2.24, 2.45) is 0 Å². The zero-order valence-corrected chi connectivity index (χ0v) is 17.3. The molecule has 0 radical (unpaired) electrons. The van der Waals surface area contributed by atoms with Crippen LogP contribution in [0.2, 0.25) is 0 Å². The van der Waals surface area contributed by atoms with Gasteiger partial charge in [0.1, 0.15) is 17.3 Å². The molecule has 0 atom stereocenters. The highest BCUT2D eigenvalue weighted by molar-refractivity contribution is 5.96. The second-order valence-electron chi connectivity index (χ2n) is 7.35. The summed E-state index contributed by atoms with van der Waals surface area (Å²) in [4.78, 5) is 29.1. The third-order valence-electron chi connectivity index (χ3n) is 5.27. The maximum absolute atomic E-state index is 12.7. The van der Waals surface area contributed by atoms with Crippen molar-refractivity contribution < 1.29 is 28.2 Å². The van der Waals surface area contributed by atoms with Gasteiger partial charge in [0.25, 0.3) is 5.91 Å². The number of amides is 2. The first-order valence-electron chi connectivity index (χ1n) is 9.80. The number of hydrogen-bond donors (Lipinski definition) is 1. The Balaban J connectivity index is 1.32. The summed E-state index contributed by atoms with van der Waals surface area (Å²) in [6, 6.07) is 5.17. The van der Waals surface area contributed by atoms with Gasteiger partial charge in [0, 0.05) is 38.3 Å². The third-order valence-corrected chi connectivity index (χ3v) is 5.27. The summed E-state index contributed by atoms with van der Waals surface area (Å²) in [5.41, 5.74) is 1.14. The number of methoxy groups -OCH3 is 1. The Hall–Kier alpha value is -3.20. The summed E-state index contributed by atoms with van der Waals surface area (Å²) in [6.07, 6.45) is 0. The number of nitrogens with zero attached hydrogens (tertiary/aromatic N) is 2. The van der Waals surface area contributed by atoms with E-state index in [0.29, 0.717) is 60.4 Å². The Bertz CT molecular complexity index is 962. The fourth-order valence-electron chi connectivity index (χ4n) is 3.71. The third kappa shape index (κ3) is 4.06. The van der Waals surface area contributed by atoms with Gasteiger partial charge >= 0.3 is 0 Å². The first-order valence-corrected chi connectivity index (χ1v) is 9.80. The van der Waals surface area contributed by atoms with Gasteiger partial charge in [-0.15, -0.1) is 0 Å². The van der Waals surface area contributed by atoms with Gasteiger partial charge in [0.2, 0.25) is 12.7 Å². The molecule has 1 saturated heterocycles. The lowest BCUT2D eigenvalue weighted by Gasteiger charge is -2.34. The average Bonchev–Trinajstić information content (AvgIpc) is 3.32. The van der Waals surface area contributed by atoms with Crippen molar-refractivity contribution in [3.8, 4) is 17.2 Å². The van der Waals surface area contributed by atoms with Gasteiger partial charge in [-0.2, -0.15) is 0 Å². The van der Waals surface area contributed by atoms with Gasteiger partial charge in [-0.05, 0) is 19.9 Å². The number of rotatable bonds is 5. The Kier molecular flexibility index (Phi) is 5.54. The molecule has 0 aliphatic carbocycles. The van der Waals surface area contributed by atoms with Crippen molar-refractivity contribution in [2.75, 3.05) is 51.9 Å². The van der Waals surface area contributed by atoms with E-state index in [1.165, 1.54) is 7.11 Å². The van der Waals surface area contributed by atoms with E-state index in [4.69, 9.17) is 18.6 Å². The number of carbonyl (C=O) groups is 2. The van der Waals surface area contributed by atoms with Crippen molar-refractivity contribution in [3.63, 3.8) is 0 Å². The van der Waals surface area contributed by atoms with E-state index in [1.807, 2.05) is 11.8 Å². The molecule has 0 unspecified atom stereocenters. The molecule has 1 fully saturated rings. The van der Waals surface area contributed by atoms with E-state index in [2.05, 4.69) is 5.32 Å². The van der Waals surface area contributed by atoms with Crippen LogP contribution in [-0.4, -0.2) is 68.2 Å². The molecule has 0 spiro atoms. The summed E-state index contributed by atoms with van der Waals surface area (Å²) in [6.45, 7) is 6.36. The minimum atomic E-state index is -0.159. The van der Waals surface area contributed by atoms with E-state index >= 15 is 0 Å². The van der Waals surface area contributed by atoms with Crippen LogP contribution in [0.4, 0.5) is 5.69 Å². The molecule has 2 amide bonds. The summed E-state index contributed by atoms with van der Waals surface area (Å²) in [5.74, 6) is 2.85. The molecule has 3 heterocycles. The van der Waals surface area contributed by atoms with Crippen LogP contribution in [0.1, 0.15) is 21.9 Å². The largest absolute Gasteiger partial charge is 0.494 e. The monoisotopic (exact) mass is 415 g/mol. The van der Waals surface area contributed by atoms with Crippen molar-refractivity contribution in [1.29, 1.82) is 0 Å². The Morgan fingerprint density at radius 3 is 2.40 bits per heavy atom. The fraction of sp³-hybridized carbons (Fsp3) is 0.429. The zero-order chi connectivity index (χ0) is 21.3. The lowest BCUT2D eigenvalue weighted by atomic mass is 10.2. The SMILES string of the molecule is COc1cc2c(cc1NC(=O)CN1CCN(C(=O)c3cc(C)oc3C)CC1)OCO2. The number of piperazine rings is 1. The van der Waals surface area contributed by atoms with Crippen LogP contribution in [0.15, 0.2) is 22.6 Å². The molecule has 9 heteroatoms. The van der Waals surface area contributed by atoms with Gasteiger partial charge in [0.05, 0.1) is 24.9 Å².